The van der Waals surface area contributed by atoms with Crippen LogP contribution < -0.4 is 4.90 Å². The monoisotopic (exact) mass is 245 g/mol. The smallest absolute Gasteiger partial charge is 0.0631 e. The summed E-state index contributed by atoms with van der Waals surface area (Å²) in [4.78, 5) is 2.54. The molecule has 0 aromatic heterocycles. The normalized spacial score (nSPS) is 19.2. The van der Waals surface area contributed by atoms with Crippen LogP contribution in [0, 0.1) is 5.92 Å². The van der Waals surface area contributed by atoms with E-state index in [-0.39, 0.29) is 0 Å². The minimum Gasteiger partial charge on any atom is -0.390 e. The fourth-order valence-corrected chi connectivity index (χ4v) is 2.93. The molecule has 2 heteroatoms. The molecule has 1 aromatic rings. The minimum absolute atomic E-state index is 0.611. The van der Waals surface area contributed by atoms with E-state index >= 15 is 0 Å². The van der Waals surface area contributed by atoms with E-state index in [2.05, 4.69) is 23.1 Å². The van der Waals surface area contributed by atoms with Crippen molar-refractivity contribution in [3.05, 3.63) is 29.3 Å². The third-order valence-corrected chi connectivity index (χ3v) is 3.95. The second kappa shape index (κ2) is 4.27. The summed E-state index contributed by atoms with van der Waals surface area (Å²) in [6.07, 6.45) is 4.75. The molecule has 2 nitrogen and oxygen atoms in total. The maximum Gasteiger partial charge on any atom is 0.0631 e. The van der Waals surface area contributed by atoms with Crippen molar-refractivity contribution in [1.82, 2.24) is 0 Å². The van der Waals surface area contributed by atoms with Crippen molar-refractivity contribution in [2.45, 2.75) is 45.1 Å². The zero-order valence-electron chi connectivity index (χ0n) is 11.4. The molecule has 0 unspecified atom stereocenters. The van der Waals surface area contributed by atoms with Gasteiger partial charge in [-0.15, -0.1) is 0 Å². The predicted molar refractivity (Wildman–Crippen MR) is 75.1 cm³/mol. The van der Waals surface area contributed by atoms with Crippen LogP contribution >= 0.6 is 0 Å². The molecule has 0 atom stereocenters. The van der Waals surface area contributed by atoms with Crippen molar-refractivity contribution < 1.29 is 5.11 Å². The van der Waals surface area contributed by atoms with Gasteiger partial charge in [0.1, 0.15) is 0 Å². The van der Waals surface area contributed by atoms with Crippen LogP contribution in [0.25, 0.3) is 0 Å². The minimum atomic E-state index is -0.611. The molecule has 1 saturated carbocycles. The highest BCUT2D eigenvalue weighted by Crippen LogP contribution is 2.35. The second-order valence-electron chi connectivity index (χ2n) is 6.59. The second-order valence-corrected chi connectivity index (χ2v) is 6.59. The van der Waals surface area contributed by atoms with Crippen LogP contribution in [0.15, 0.2) is 18.2 Å². The Bertz CT molecular complexity index is 443. The summed E-state index contributed by atoms with van der Waals surface area (Å²) in [5.41, 5.74) is 3.55. The zero-order valence-corrected chi connectivity index (χ0v) is 11.4. The summed E-state index contributed by atoms with van der Waals surface area (Å²) < 4.78 is 0. The maximum atomic E-state index is 9.89. The standard InChI is InChI=1S/C16H23NO/c1-16(2,18)10-13-5-6-15-14(9-13)7-8-17(15)11-12-3-4-12/h5-6,9,12,18H,3-4,7-8,10-11H2,1-2H3. The van der Waals surface area contributed by atoms with Crippen LogP contribution in [0.5, 0.6) is 0 Å². The molecule has 0 saturated heterocycles. The Morgan fingerprint density at radius 3 is 2.78 bits per heavy atom. The number of anilines is 1. The number of fused-ring (bicyclic) bond motifs is 1. The predicted octanol–water partition coefficient (Wildman–Crippen LogP) is 2.77. The lowest BCUT2D eigenvalue weighted by Gasteiger charge is -2.20. The highest BCUT2D eigenvalue weighted by molar-refractivity contribution is 5.59. The Morgan fingerprint density at radius 2 is 2.11 bits per heavy atom. The topological polar surface area (TPSA) is 23.5 Å². The average molecular weight is 245 g/mol. The molecule has 1 fully saturated rings. The molecule has 2 aliphatic rings. The Hall–Kier alpha value is -1.02. The van der Waals surface area contributed by atoms with Crippen LogP contribution in [0.4, 0.5) is 5.69 Å². The highest BCUT2D eigenvalue weighted by atomic mass is 16.3. The van der Waals surface area contributed by atoms with Crippen LogP contribution in [-0.2, 0) is 12.8 Å². The Kier molecular flexibility index (Phi) is 2.86. The van der Waals surface area contributed by atoms with Gasteiger partial charge in [0, 0.05) is 25.2 Å². The molecule has 98 valence electrons. The van der Waals surface area contributed by atoms with Gasteiger partial charge in [-0.05, 0) is 56.2 Å². The van der Waals surface area contributed by atoms with E-state index in [1.54, 1.807) is 0 Å². The Morgan fingerprint density at radius 1 is 1.33 bits per heavy atom. The maximum absolute atomic E-state index is 9.89. The highest BCUT2D eigenvalue weighted by Gasteiger charge is 2.28. The van der Waals surface area contributed by atoms with Gasteiger partial charge in [-0.2, -0.15) is 0 Å². The summed E-state index contributed by atoms with van der Waals surface area (Å²) in [5, 5.41) is 9.89. The van der Waals surface area contributed by atoms with Gasteiger partial charge in [0.25, 0.3) is 0 Å². The van der Waals surface area contributed by atoms with Crippen LogP contribution in [0.3, 0.4) is 0 Å². The van der Waals surface area contributed by atoms with Crippen molar-refractivity contribution in [3.8, 4) is 0 Å². The molecule has 3 rings (SSSR count). The van der Waals surface area contributed by atoms with Crippen LogP contribution in [0.2, 0.25) is 0 Å². The summed E-state index contributed by atoms with van der Waals surface area (Å²) in [5.74, 6) is 0.951. The van der Waals surface area contributed by atoms with E-state index < -0.39 is 5.60 Å². The van der Waals surface area contributed by atoms with Crippen molar-refractivity contribution in [2.24, 2.45) is 5.92 Å². The number of hydrogen-bond donors (Lipinski definition) is 1. The Balaban J connectivity index is 1.75. The molecule has 1 aromatic carbocycles. The molecule has 18 heavy (non-hydrogen) atoms. The summed E-state index contributed by atoms with van der Waals surface area (Å²) in [7, 11) is 0. The SMILES string of the molecule is CC(C)(O)Cc1ccc2c(c1)CCN2CC1CC1. The molecule has 1 heterocycles. The lowest BCUT2D eigenvalue weighted by molar-refractivity contribution is 0.0810. The van der Waals surface area contributed by atoms with Crippen LogP contribution in [-0.4, -0.2) is 23.8 Å². The van der Waals surface area contributed by atoms with Crippen molar-refractivity contribution in [3.63, 3.8) is 0 Å². The molecule has 1 aliphatic heterocycles. The first-order chi connectivity index (χ1) is 8.51. The van der Waals surface area contributed by atoms with Gasteiger partial charge in [0.15, 0.2) is 0 Å². The fraction of sp³-hybridized carbons (Fsp3) is 0.625. The molecular weight excluding hydrogens is 222 g/mol. The number of nitrogens with zero attached hydrogens (tertiary/aromatic N) is 1. The zero-order chi connectivity index (χ0) is 12.8. The lowest BCUT2D eigenvalue weighted by Crippen LogP contribution is -2.23. The van der Waals surface area contributed by atoms with Gasteiger partial charge >= 0.3 is 0 Å². The Labute approximate surface area is 110 Å². The van der Waals surface area contributed by atoms with Crippen LogP contribution in [0.1, 0.15) is 37.8 Å². The molecule has 1 aliphatic carbocycles. The quantitative estimate of drug-likeness (QED) is 0.881. The molecule has 0 spiro atoms. The molecule has 0 amide bonds. The number of hydrogen-bond acceptors (Lipinski definition) is 2. The van der Waals surface area contributed by atoms with Crippen molar-refractivity contribution >= 4 is 5.69 Å². The van der Waals surface area contributed by atoms with E-state index in [4.69, 9.17) is 0 Å². The third-order valence-electron chi connectivity index (χ3n) is 3.95. The molecule has 0 bridgehead atoms. The number of benzene rings is 1. The first kappa shape index (κ1) is 12.0. The van der Waals surface area contributed by atoms with E-state index in [1.165, 1.54) is 49.2 Å². The van der Waals surface area contributed by atoms with E-state index in [9.17, 15) is 5.11 Å². The summed E-state index contributed by atoms with van der Waals surface area (Å²) in [6, 6.07) is 6.73. The van der Waals surface area contributed by atoms with E-state index in [0.717, 1.165) is 12.3 Å². The van der Waals surface area contributed by atoms with Crippen molar-refractivity contribution in [1.29, 1.82) is 0 Å². The van der Waals surface area contributed by atoms with Gasteiger partial charge in [-0.1, -0.05) is 12.1 Å². The van der Waals surface area contributed by atoms with Gasteiger partial charge in [-0.3, -0.25) is 0 Å². The lowest BCUT2D eigenvalue weighted by atomic mass is 9.97. The van der Waals surface area contributed by atoms with E-state index in [1.807, 2.05) is 13.8 Å². The van der Waals surface area contributed by atoms with Crippen molar-refractivity contribution in [2.75, 3.05) is 18.0 Å². The van der Waals surface area contributed by atoms with Gasteiger partial charge in [0.05, 0.1) is 5.60 Å². The molecule has 0 radical (unpaired) electrons. The molecule has 1 N–H and O–H groups in total. The van der Waals surface area contributed by atoms with Gasteiger partial charge in [0.2, 0.25) is 0 Å². The van der Waals surface area contributed by atoms with Gasteiger partial charge < -0.3 is 10.0 Å². The first-order valence-electron chi connectivity index (χ1n) is 7.10. The average Bonchev–Trinajstić information content (AvgIpc) is 2.98. The first-order valence-corrected chi connectivity index (χ1v) is 7.10. The van der Waals surface area contributed by atoms with Gasteiger partial charge in [-0.25, -0.2) is 0 Å². The third kappa shape index (κ3) is 2.69. The number of aliphatic hydroxyl groups is 1. The number of rotatable bonds is 4. The largest absolute Gasteiger partial charge is 0.390 e. The fourth-order valence-electron chi connectivity index (χ4n) is 2.93. The van der Waals surface area contributed by atoms with E-state index in [0.29, 0.717) is 0 Å². The summed E-state index contributed by atoms with van der Waals surface area (Å²) >= 11 is 0. The molecular formula is C16H23NO. The summed E-state index contributed by atoms with van der Waals surface area (Å²) in [6.45, 7) is 6.18.